The van der Waals surface area contributed by atoms with Crippen LogP contribution in [0.4, 0.5) is 10.5 Å². The molecular formula is C14H21N5O2. The van der Waals surface area contributed by atoms with Gasteiger partial charge in [0, 0.05) is 11.7 Å². The van der Waals surface area contributed by atoms with E-state index in [2.05, 4.69) is 20.9 Å². The first kappa shape index (κ1) is 15.1. The molecular weight excluding hydrogens is 270 g/mol. The van der Waals surface area contributed by atoms with E-state index >= 15 is 0 Å². The highest BCUT2D eigenvalue weighted by atomic mass is 16.5. The zero-order chi connectivity index (χ0) is 15.6. The second-order valence-corrected chi connectivity index (χ2v) is 5.31. The van der Waals surface area contributed by atoms with Crippen molar-refractivity contribution in [2.45, 2.75) is 47.2 Å². The number of aromatic nitrogens is 3. The minimum absolute atomic E-state index is 0.0523. The van der Waals surface area contributed by atoms with E-state index in [1.54, 1.807) is 13.8 Å². The lowest BCUT2D eigenvalue weighted by Gasteiger charge is -2.15. The van der Waals surface area contributed by atoms with E-state index in [9.17, 15) is 4.79 Å². The minimum atomic E-state index is -0.279. The van der Waals surface area contributed by atoms with Gasteiger partial charge in [0.1, 0.15) is 11.4 Å². The van der Waals surface area contributed by atoms with Gasteiger partial charge in [0.15, 0.2) is 5.76 Å². The number of urea groups is 1. The summed E-state index contributed by atoms with van der Waals surface area (Å²) in [5.41, 5.74) is 3.33. The highest BCUT2D eigenvalue weighted by molar-refractivity contribution is 5.90. The highest BCUT2D eigenvalue weighted by Gasteiger charge is 2.14. The van der Waals surface area contributed by atoms with Crippen molar-refractivity contribution in [1.82, 2.24) is 20.3 Å². The predicted octanol–water partition coefficient (Wildman–Crippen LogP) is 2.31. The van der Waals surface area contributed by atoms with Gasteiger partial charge in [0.05, 0.1) is 12.2 Å². The number of nitrogens with zero attached hydrogens (tertiary/aromatic N) is 3. The second-order valence-electron chi connectivity index (χ2n) is 5.31. The van der Waals surface area contributed by atoms with Crippen molar-refractivity contribution in [3.8, 4) is 0 Å². The molecule has 2 aromatic rings. The van der Waals surface area contributed by atoms with E-state index in [4.69, 9.17) is 4.52 Å². The first-order valence-electron chi connectivity index (χ1n) is 6.88. The van der Waals surface area contributed by atoms with Crippen LogP contribution in [0.25, 0.3) is 0 Å². The topological polar surface area (TPSA) is 85.0 Å². The van der Waals surface area contributed by atoms with Gasteiger partial charge in [-0.05, 0) is 40.7 Å². The molecule has 2 amide bonds. The maximum Gasteiger partial charge on any atom is 0.319 e. The Balaban J connectivity index is 1.92. The van der Waals surface area contributed by atoms with Crippen molar-refractivity contribution in [3.63, 3.8) is 0 Å². The van der Waals surface area contributed by atoms with Crippen molar-refractivity contribution >= 4 is 11.7 Å². The highest BCUT2D eigenvalue weighted by Crippen LogP contribution is 2.18. The van der Waals surface area contributed by atoms with Crippen molar-refractivity contribution in [2.24, 2.45) is 0 Å². The number of amides is 2. The quantitative estimate of drug-likeness (QED) is 0.905. The van der Waals surface area contributed by atoms with E-state index in [-0.39, 0.29) is 12.1 Å². The van der Waals surface area contributed by atoms with E-state index in [0.717, 1.165) is 11.4 Å². The fourth-order valence-electron chi connectivity index (χ4n) is 2.20. The molecule has 2 heterocycles. The summed E-state index contributed by atoms with van der Waals surface area (Å²) < 4.78 is 6.89. The fraction of sp³-hybridized carbons (Fsp3) is 0.500. The lowest BCUT2D eigenvalue weighted by molar-refractivity contribution is 0.247. The van der Waals surface area contributed by atoms with Crippen LogP contribution in [0.15, 0.2) is 10.6 Å². The van der Waals surface area contributed by atoms with Crippen LogP contribution >= 0.6 is 0 Å². The fourth-order valence-corrected chi connectivity index (χ4v) is 2.20. The van der Waals surface area contributed by atoms with Gasteiger partial charge in [-0.2, -0.15) is 5.10 Å². The van der Waals surface area contributed by atoms with E-state index in [1.165, 1.54) is 0 Å². The lowest BCUT2D eigenvalue weighted by atomic mass is 10.3. The molecule has 2 rings (SSSR count). The summed E-state index contributed by atoms with van der Waals surface area (Å²) in [6.45, 7) is 10.0. The number of rotatable bonds is 4. The molecule has 21 heavy (non-hydrogen) atoms. The normalized spacial score (nSPS) is 12.2. The third-order valence-corrected chi connectivity index (χ3v) is 3.20. The van der Waals surface area contributed by atoms with Gasteiger partial charge in [0.2, 0.25) is 0 Å². The van der Waals surface area contributed by atoms with Crippen molar-refractivity contribution < 1.29 is 9.32 Å². The third-order valence-electron chi connectivity index (χ3n) is 3.20. The summed E-state index contributed by atoms with van der Waals surface area (Å²) in [6, 6.07) is 1.68. The van der Waals surface area contributed by atoms with Gasteiger partial charge >= 0.3 is 6.03 Å². The average molecular weight is 291 g/mol. The Hall–Kier alpha value is -2.31. The third kappa shape index (κ3) is 3.62. The van der Waals surface area contributed by atoms with Crippen LogP contribution < -0.4 is 10.6 Å². The van der Waals surface area contributed by atoms with E-state index < -0.39 is 0 Å². The molecule has 0 aliphatic rings. The summed E-state index contributed by atoms with van der Waals surface area (Å²) in [5.74, 6) is 0.592. The first-order chi connectivity index (χ1) is 9.86. The number of carbonyl (C=O) groups is 1. The molecule has 0 unspecified atom stereocenters. The van der Waals surface area contributed by atoms with Crippen molar-refractivity contribution in [1.29, 1.82) is 0 Å². The summed E-state index contributed by atoms with van der Waals surface area (Å²) in [6.07, 6.45) is 0. The van der Waals surface area contributed by atoms with Crippen LogP contribution in [0, 0.1) is 27.7 Å². The zero-order valence-electron chi connectivity index (χ0n) is 13.0. The monoisotopic (exact) mass is 291 g/mol. The molecule has 7 nitrogen and oxygen atoms in total. The van der Waals surface area contributed by atoms with Crippen LogP contribution in [-0.4, -0.2) is 27.0 Å². The zero-order valence-corrected chi connectivity index (χ0v) is 13.0. The number of hydrogen-bond acceptors (Lipinski definition) is 4. The molecule has 0 aliphatic carbocycles. The second kappa shape index (κ2) is 5.99. The van der Waals surface area contributed by atoms with Gasteiger partial charge in [-0.3, -0.25) is 4.68 Å². The number of hydrogen-bond donors (Lipinski definition) is 2. The molecule has 0 radical (unpaired) electrons. The molecule has 1 atom stereocenters. The molecule has 0 saturated heterocycles. The molecule has 0 fully saturated rings. The van der Waals surface area contributed by atoms with Gasteiger partial charge in [-0.25, -0.2) is 4.79 Å². The molecule has 7 heteroatoms. The van der Waals surface area contributed by atoms with E-state index in [0.29, 0.717) is 23.7 Å². The Labute approximate surface area is 123 Å². The summed E-state index contributed by atoms with van der Waals surface area (Å²) in [4.78, 5) is 12.0. The molecule has 0 aromatic carbocycles. The van der Waals surface area contributed by atoms with Crippen LogP contribution in [0.3, 0.4) is 0 Å². The minimum Gasteiger partial charge on any atom is -0.359 e. The summed E-state index contributed by atoms with van der Waals surface area (Å²) in [7, 11) is 0. The van der Waals surface area contributed by atoms with Crippen LogP contribution in [0.1, 0.15) is 29.8 Å². The van der Waals surface area contributed by atoms with Crippen molar-refractivity contribution in [3.05, 3.63) is 28.9 Å². The van der Waals surface area contributed by atoms with Gasteiger partial charge in [-0.1, -0.05) is 5.16 Å². The maximum atomic E-state index is 12.0. The number of nitrogens with one attached hydrogen (secondary N) is 2. The van der Waals surface area contributed by atoms with Gasteiger partial charge in [-0.15, -0.1) is 0 Å². The number of carbonyl (C=O) groups excluding carboxylic acids is 1. The Morgan fingerprint density at radius 2 is 2.10 bits per heavy atom. The lowest BCUT2D eigenvalue weighted by Crippen LogP contribution is -2.39. The van der Waals surface area contributed by atoms with Crippen molar-refractivity contribution in [2.75, 3.05) is 5.32 Å². The molecule has 114 valence electrons. The Bertz CT molecular complexity index is 624. The van der Waals surface area contributed by atoms with Gasteiger partial charge in [0.25, 0.3) is 0 Å². The average Bonchev–Trinajstić information content (AvgIpc) is 2.85. The smallest absolute Gasteiger partial charge is 0.319 e. The summed E-state index contributed by atoms with van der Waals surface area (Å²) in [5, 5.41) is 13.8. The Morgan fingerprint density at radius 3 is 2.62 bits per heavy atom. The van der Waals surface area contributed by atoms with Crippen LogP contribution in [-0.2, 0) is 6.54 Å². The largest absolute Gasteiger partial charge is 0.359 e. The van der Waals surface area contributed by atoms with Crippen LogP contribution in [0.2, 0.25) is 0 Å². The molecule has 0 spiro atoms. The standard InChI is InChI=1S/C14H21N5O2/c1-8-6-10(3)19(17-8)7-9(2)15-14(20)16-13-11(4)18-21-12(13)5/h6,9H,7H2,1-5H3,(H2,15,16,20)/t9-/m1/s1. The predicted molar refractivity (Wildman–Crippen MR) is 79.3 cm³/mol. The first-order valence-corrected chi connectivity index (χ1v) is 6.88. The number of aryl methyl sites for hydroxylation is 4. The molecule has 0 saturated carbocycles. The molecule has 2 N–H and O–H groups in total. The van der Waals surface area contributed by atoms with Crippen LogP contribution in [0.5, 0.6) is 0 Å². The van der Waals surface area contributed by atoms with Gasteiger partial charge < -0.3 is 15.2 Å². The Morgan fingerprint density at radius 1 is 1.38 bits per heavy atom. The molecule has 2 aromatic heterocycles. The summed E-state index contributed by atoms with van der Waals surface area (Å²) >= 11 is 0. The molecule has 0 aliphatic heterocycles. The van der Waals surface area contributed by atoms with E-state index in [1.807, 2.05) is 31.5 Å². The Kier molecular flexibility index (Phi) is 4.30. The SMILES string of the molecule is Cc1cc(C)n(C[C@@H](C)NC(=O)Nc2c(C)noc2C)n1. The maximum absolute atomic E-state index is 12.0. The molecule has 0 bridgehead atoms. The number of anilines is 1.